The minimum atomic E-state index is -0.131. The first kappa shape index (κ1) is 14.7. The quantitative estimate of drug-likeness (QED) is 0.733. The van der Waals surface area contributed by atoms with Crippen molar-refractivity contribution in [3.63, 3.8) is 0 Å². The average Bonchev–Trinajstić information content (AvgIpc) is 2.45. The first-order chi connectivity index (χ1) is 9.69. The van der Waals surface area contributed by atoms with Crippen LogP contribution < -0.4 is 16.4 Å². The standard InChI is InChI=1S/C16H25N3O/c1-2-15(12-7-4-3-5-8-12)19-16(20)18-14-10-6-9-13(17)11-14/h6,9-12,15H,2-5,7-8,17H2,1H3,(H2,18,19,20). The van der Waals surface area contributed by atoms with Gasteiger partial charge in [-0.1, -0.05) is 32.3 Å². The van der Waals surface area contributed by atoms with E-state index < -0.39 is 0 Å². The summed E-state index contributed by atoms with van der Waals surface area (Å²) in [7, 11) is 0. The van der Waals surface area contributed by atoms with E-state index in [0.717, 1.165) is 12.1 Å². The number of carbonyl (C=O) groups excluding carboxylic acids is 1. The molecule has 1 atom stereocenters. The highest BCUT2D eigenvalue weighted by Gasteiger charge is 2.23. The Morgan fingerprint density at radius 2 is 2.10 bits per heavy atom. The molecular weight excluding hydrogens is 250 g/mol. The van der Waals surface area contributed by atoms with Gasteiger partial charge in [0, 0.05) is 17.4 Å². The number of nitrogens with two attached hydrogens (primary N) is 1. The van der Waals surface area contributed by atoms with Gasteiger partial charge in [0.05, 0.1) is 0 Å². The van der Waals surface area contributed by atoms with E-state index in [9.17, 15) is 4.79 Å². The molecule has 1 fully saturated rings. The van der Waals surface area contributed by atoms with Gasteiger partial charge in [0.1, 0.15) is 0 Å². The molecule has 1 aliphatic carbocycles. The second-order valence-electron chi connectivity index (χ2n) is 5.64. The van der Waals surface area contributed by atoms with Crippen molar-refractivity contribution in [2.45, 2.75) is 51.5 Å². The lowest BCUT2D eigenvalue weighted by Gasteiger charge is -2.30. The number of benzene rings is 1. The minimum Gasteiger partial charge on any atom is -0.399 e. The van der Waals surface area contributed by atoms with Gasteiger partial charge in [0.15, 0.2) is 0 Å². The molecule has 0 radical (unpaired) electrons. The Labute approximate surface area is 121 Å². The van der Waals surface area contributed by atoms with Crippen LogP contribution in [0.5, 0.6) is 0 Å². The van der Waals surface area contributed by atoms with E-state index in [-0.39, 0.29) is 12.1 Å². The molecule has 20 heavy (non-hydrogen) atoms. The molecule has 0 saturated heterocycles. The number of hydrogen-bond donors (Lipinski definition) is 3. The Kier molecular flexibility index (Phi) is 5.27. The number of urea groups is 1. The highest BCUT2D eigenvalue weighted by Crippen LogP contribution is 2.27. The Morgan fingerprint density at radius 1 is 1.35 bits per heavy atom. The van der Waals surface area contributed by atoms with Crippen LogP contribution in [-0.2, 0) is 0 Å². The van der Waals surface area contributed by atoms with Crippen molar-refractivity contribution < 1.29 is 4.79 Å². The summed E-state index contributed by atoms with van der Waals surface area (Å²) in [6, 6.07) is 7.39. The van der Waals surface area contributed by atoms with Gasteiger partial charge in [-0.05, 0) is 43.4 Å². The van der Waals surface area contributed by atoms with E-state index in [0.29, 0.717) is 11.6 Å². The normalized spacial score (nSPS) is 17.4. The second kappa shape index (κ2) is 7.17. The summed E-state index contributed by atoms with van der Waals surface area (Å²) >= 11 is 0. The molecule has 2 rings (SSSR count). The van der Waals surface area contributed by atoms with E-state index in [1.165, 1.54) is 32.1 Å². The molecule has 0 bridgehead atoms. The summed E-state index contributed by atoms with van der Waals surface area (Å²) in [6.07, 6.45) is 7.37. The maximum absolute atomic E-state index is 12.1. The van der Waals surface area contributed by atoms with Crippen molar-refractivity contribution >= 4 is 17.4 Å². The third-order valence-corrected chi connectivity index (χ3v) is 4.12. The van der Waals surface area contributed by atoms with Crippen LogP contribution in [0.2, 0.25) is 0 Å². The Morgan fingerprint density at radius 3 is 2.75 bits per heavy atom. The van der Waals surface area contributed by atoms with Crippen LogP contribution in [-0.4, -0.2) is 12.1 Å². The molecule has 4 N–H and O–H groups in total. The summed E-state index contributed by atoms with van der Waals surface area (Å²) < 4.78 is 0. The topological polar surface area (TPSA) is 67.2 Å². The van der Waals surface area contributed by atoms with Crippen LogP contribution in [0.1, 0.15) is 45.4 Å². The average molecular weight is 275 g/mol. The summed E-state index contributed by atoms with van der Waals surface area (Å²) in [5, 5.41) is 5.97. The van der Waals surface area contributed by atoms with Gasteiger partial charge in [0.2, 0.25) is 0 Å². The molecular formula is C16H25N3O. The smallest absolute Gasteiger partial charge is 0.319 e. The molecule has 0 aromatic heterocycles. The molecule has 2 amide bonds. The largest absolute Gasteiger partial charge is 0.399 e. The number of hydrogen-bond acceptors (Lipinski definition) is 2. The lowest BCUT2D eigenvalue weighted by Crippen LogP contribution is -2.42. The molecule has 1 aromatic rings. The van der Waals surface area contributed by atoms with Crippen LogP contribution in [0.4, 0.5) is 16.2 Å². The van der Waals surface area contributed by atoms with E-state index in [2.05, 4.69) is 17.6 Å². The third kappa shape index (κ3) is 4.15. The number of rotatable bonds is 4. The highest BCUT2D eigenvalue weighted by atomic mass is 16.2. The van der Waals surface area contributed by atoms with Crippen molar-refractivity contribution in [1.29, 1.82) is 0 Å². The van der Waals surface area contributed by atoms with E-state index in [1.54, 1.807) is 12.1 Å². The van der Waals surface area contributed by atoms with Gasteiger partial charge >= 0.3 is 6.03 Å². The van der Waals surface area contributed by atoms with Crippen molar-refractivity contribution in [3.05, 3.63) is 24.3 Å². The maximum Gasteiger partial charge on any atom is 0.319 e. The van der Waals surface area contributed by atoms with Crippen LogP contribution in [0.3, 0.4) is 0 Å². The fourth-order valence-corrected chi connectivity index (χ4v) is 3.04. The van der Waals surface area contributed by atoms with Gasteiger partial charge in [-0.15, -0.1) is 0 Å². The minimum absolute atomic E-state index is 0.131. The second-order valence-corrected chi connectivity index (χ2v) is 5.64. The van der Waals surface area contributed by atoms with Gasteiger partial charge in [-0.2, -0.15) is 0 Å². The Hall–Kier alpha value is -1.71. The third-order valence-electron chi connectivity index (χ3n) is 4.12. The molecule has 0 heterocycles. The number of nitrogen functional groups attached to an aromatic ring is 1. The number of anilines is 2. The number of amides is 2. The van der Waals surface area contributed by atoms with Crippen molar-refractivity contribution in [3.8, 4) is 0 Å². The zero-order valence-electron chi connectivity index (χ0n) is 12.2. The first-order valence-corrected chi connectivity index (χ1v) is 7.62. The van der Waals surface area contributed by atoms with Crippen molar-refractivity contribution in [2.75, 3.05) is 11.1 Å². The van der Waals surface area contributed by atoms with Gasteiger partial charge < -0.3 is 16.4 Å². The van der Waals surface area contributed by atoms with Crippen LogP contribution in [0.25, 0.3) is 0 Å². The molecule has 1 aliphatic rings. The predicted octanol–water partition coefficient (Wildman–Crippen LogP) is 3.75. The van der Waals surface area contributed by atoms with Crippen molar-refractivity contribution in [1.82, 2.24) is 5.32 Å². The molecule has 0 spiro atoms. The van der Waals surface area contributed by atoms with Crippen LogP contribution >= 0.6 is 0 Å². The fraction of sp³-hybridized carbons (Fsp3) is 0.562. The molecule has 4 nitrogen and oxygen atoms in total. The van der Waals surface area contributed by atoms with Gasteiger partial charge in [-0.3, -0.25) is 0 Å². The van der Waals surface area contributed by atoms with E-state index >= 15 is 0 Å². The summed E-state index contributed by atoms with van der Waals surface area (Å²) in [5.74, 6) is 0.625. The Balaban J connectivity index is 1.88. The summed E-state index contributed by atoms with van der Waals surface area (Å²) in [6.45, 7) is 2.14. The molecule has 1 saturated carbocycles. The molecule has 1 unspecified atom stereocenters. The summed E-state index contributed by atoms with van der Waals surface area (Å²) in [5.41, 5.74) is 7.10. The number of nitrogens with one attached hydrogen (secondary N) is 2. The maximum atomic E-state index is 12.1. The van der Waals surface area contributed by atoms with E-state index in [1.807, 2.05) is 12.1 Å². The lowest BCUT2D eigenvalue weighted by molar-refractivity contribution is 0.229. The van der Waals surface area contributed by atoms with Crippen LogP contribution in [0, 0.1) is 5.92 Å². The molecule has 4 heteroatoms. The molecule has 110 valence electrons. The number of carbonyl (C=O) groups is 1. The SMILES string of the molecule is CCC(NC(=O)Nc1cccc(N)c1)C1CCCCC1. The highest BCUT2D eigenvalue weighted by molar-refractivity contribution is 5.89. The zero-order valence-corrected chi connectivity index (χ0v) is 12.2. The van der Waals surface area contributed by atoms with Gasteiger partial charge in [-0.25, -0.2) is 4.79 Å². The van der Waals surface area contributed by atoms with Crippen LogP contribution in [0.15, 0.2) is 24.3 Å². The molecule has 0 aliphatic heterocycles. The molecule has 1 aromatic carbocycles. The Bertz CT molecular complexity index is 441. The predicted molar refractivity (Wildman–Crippen MR) is 83.7 cm³/mol. The summed E-state index contributed by atoms with van der Waals surface area (Å²) in [4.78, 5) is 12.1. The van der Waals surface area contributed by atoms with E-state index in [4.69, 9.17) is 5.73 Å². The zero-order chi connectivity index (χ0) is 14.4. The fourth-order valence-electron chi connectivity index (χ4n) is 3.04. The monoisotopic (exact) mass is 275 g/mol. The first-order valence-electron chi connectivity index (χ1n) is 7.62. The van der Waals surface area contributed by atoms with Crippen molar-refractivity contribution in [2.24, 2.45) is 5.92 Å². The lowest BCUT2D eigenvalue weighted by atomic mass is 9.83. The van der Waals surface area contributed by atoms with Gasteiger partial charge in [0.25, 0.3) is 0 Å².